The van der Waals surface area contributed by atoms with Crippen molar-refractivity contribution in [3.8, 4) is 11.4 Å². The van der Waals surface area contributed by atoms with Crippen LogP contribution >= 0.6 is 0 Å². The predicted molar refractivity (Wildman–Crippen MR) is 91.3 cm³/mol. The zero-order valence-corrected chi connectivity index (χ0v) is 14.4. The third-order valence-electron chi connectivity index (χ3n) is 4.59. The van der Waals surface area contributed by atoms with Crippen LogP contribution in [-0.2, 0) is 11.2 Å². The number of aryl methyl sites for hydroxylation is 1. The molecule has 0 spiro atoms. The van der Waals surface area contributed by atoms with E-state index in [1.54, 1.807) is 18.2 Å². The van der Waals surface area contributed by atoms with Crippen molar-refractivity contribution in [2.24, 2.45) is 0 Å². The second-order valence-corrected chi connectivity index (χ2v) is 6.22. The summed E-state index contributed by atoms with van der Waals surface area (Å²) >= 11 is 0. The van der Waals surface area contributed by atoms with E-state index in [0.717, 1.165) is 19.5 Å². The molecule has 1 aliphatic heterocycles. The summed E-state index contributed by atoms with van der Waals surface area (Å²) < 4.78 is 18.8. The molecule has 0 saturated carbocycles. The number of halogens is 1. The second-order valence-electron chi connectivity index (χ2n) is 6.22. The predicted octanol–water partition coefficient (Wildman–Crippen LogP) is 2.41. The van der Waals surface area contributed by atoms with Crippen LogP contribution in [0.4, 0.5) is 4.39 Å². The van der Waals surface area contributed by atoms with E-state index in [2.05, 4.69) is 27.3 Å². The molecule has 1 aromatic heterocycles. The van der Waals surface area contributed by atoms with Crippen LogP contribution in [0.5, 0.6) is 0 Å². The summed E-state index contributed by atoms with van der Waals surface area (Å²) in [5.41, 5.74) is 0.294. The first-order valence-electron chi connectivity index (χ1n) is 8.75. The Morgan fingerprint density at radius 3 is 3.08 bits per heavy atom. The highest BCUT2D eigenvalue weighted by Crippen LogP contribution is 2.19. The van der Waals surface area contributed by atoms with Gasteiger partial charge in [-0.3, -0.25) is 9.69 Å². The summed E-state index contributed by atoms with van der Waals surface area (Å²) in [7, 11) is 0. The highest BCUT2D eigenvalue weighted by atomic mass is 19.1. The summed E-state index contributed by atoms with van der Waals surface area (Å²) in [6, 6.07) is 6.70. The van der Waals surface area contributed by atoms with Gasteiger partial charge < -0.3 is 9.84 Å². The molecule has 1 N–H and O–H groups in total. The zero-order chi connectivity index (χ0) is 17.6. The molecule has 7 heteroatoms. The van der Waals surface area contributed by atoms with E-state index in [-0.39, 0.29) is 18.2 Å². The second kappa shape index (κ2) is 8.20. The number of rotatable bonds is 7. The number of likely N-dealkylation sites (N-methyl/N-ethyl adjacent to an activating group) is 1. The van der Waals surface area contributed by atoms with Crippen molar-refractivity contribution < 1.29 is 13.7 Å². The van der Waals surface area contributed by atoms with Crippen LogP contribution in [0.25, 0.3) is 11.4 Å². The Morgan fingerprint density at radius 2 is 2.28 bits per heavy atom. The third kappa shape index (κ3) is 4.42. The Labute approximate surface area is 146 Å². The molecule has 1 aliphatic rings. The van der Waals surface area contributed by atoms with Crippen molar-refractivity contribution in [1.29, 1.82) is 0 Å². The van der Waals surface area contributed by atoms with Gasteiger partial charge in [-0.2, -0.15) is 4.98 Å². The van der Waals surface area contributed by atoms with Gasteiger partial charge in [0.2, 0.25) is 17.6 Å². The van der Waals surface area contributed by atoms with Crippen molar-refractivity contribution in [2.75, 3.05) is 19.6 Å². The average Bonchev–Trinajstić information content (AvgIpc) is 3.27. The van der Waals surface area contributed by atoms with Gasteiger partial charge in [0.25, 0.3) is 0 Å². The van der Waals surface area contributed by atoms with Crippen LogP contribution in [0.15, 0.2) is 28.8 Å². The summed E-state index contributed by atoms with van der Waals surface area (Å²) in [6.45, 7) is 4.94. The molecule has 1 saturated heterocycles. The highest BCUT2D eigenvalue weighted by Gasteiger charge is 2.23. The van der Waals surface area contributed by atoms with Gasteiger partial charge in [0.05, 0.1) is 5.56 Å². The molecule has 0 bridgehead atoms. The molecule has 25 heavy (non-hydrogen) atoms. The number of hydrogen-bond donors (Lipinski definition) is 1. The number of carbonyl (C=O) groups excluding carboxylic acids is 1. The van der Waals surface area contributed by atoms with Crippen LogP contribution in [0, 0.1) is 5.82 Å². The largest absolute Gasteiger partial charge is 0.355 e. The van der Waals surface area contributed by atoms with Gasteiger partial charge in [0.15, 0.2) is 0 Å². The molecule has 134 valence electrons. The minimum atomic E-state index is -0.398. The molecule has 1 atom stereocenters. The number of benzene rings is 1. The first-order chi connectivity index (χ1) is 12.2. The van der Waals surface area contributed by atoms with Crippen LogP contribution in [0.2, 0.25) is 0 Å². The van der Waals surface area contributed by atoms with Gasteiger partial charge in [-0.1, -0.05) is 24.2 Å². The fourth-order valence-electron chi connectivity index (χ4n) is 3.19. The minimum Gasteiger partial charge on any atom is -0.355 e. The number of nitrogens with zero attached hydrogens (tertiary/aromatic N) is 3. The fourth-order valence-corrected chi connectivity index (χ4v) is 3.19. The number of hydrogen-bond acceptors (Lipinski definition) is 5. The lowest BCUT2D eigenvalue weighted by Crippen LogP contribution is -2.40. The van der Waals surface area contributed by atoms with E-state index in [1.807, 2.05) is 0 Å². The molecule has 0 aliphatic carbocycles. The van der Waals surface area contributed by atoms with Crippen molar-refractivity contribution in [3.63, 3.8) is 0 Å². The Morgan fingerprint density at radius 1 is 1.44 bits per heavy atom. The van der Waals surface area contributed by atoms with Crippen LogP contribution in [0.3, 0.4) is 0 Å². The molecule has 1 aromatic carbocycles. The van der Waals surface area contributed by atoms with Crippen molar-refractivity contribution >= 4 is 5.91 Å². The van der Waals surface area contributed by atoms with Crippen molar-refractivity contribution in [3.05, 3.63) is 36.0 Å². The number of aromatic nitrogens is 2. The van der Waals surface area contributed by atoms with Crippen molar-refractivity contribution in [2.45, 2.75) is 38.6 Å². The molecular weight excluding hydrogens is 323 g/mol. The van der Waals surface area contributed by atoms with E-state index in [1.165, 1.54) is 12.5 Å². The highest BCUT2D eigenvalue weighted by molar-refractivity contribution is 5.76. The number of nitrogens with one attached hydrogen (secondary N) is 1. The molecule has 6 nitrogen and oxygen atoms in total. The van der Waals surface area contributed by atoms with Gasteiger partial charge >= 0.3 is 0 Å². The molecule has 2 aromatic rings. The molecule has 1 amide bonds. The Balaban J connectivity index is 1.47. The average molecular weight is 346 g/mol. The van der Waals surface area contributed by atoms with Crippen LogP contribution < -0.4 is 5.32 Å². The first-order valence-corrected chi connectivity index (χ1v) is 8.75. The summed E-state index contributed by atoms with van der Waals surface area (Å²) in [6.07, 6.45) is 2.94. The maximum absolute atomic E-state index is 13.7. The number of likely N-dealkylation sites (tertiary alicyclic amines) is 1. The Bertz CT molecular complexity index is 719. The summed E-state index contributed by atoms with van der Waals surface area (Å²) in [5.74, 6) is 0.112. The Hall–Kier alpha value is -2.28. The fraction of sp³-hybridized carbons (Fsp3) is 0.500. The number of amides is 1. The van der Waals surface area contributed by atoms with E-state index in [0.29, 0.717) is 30.5 Å². The van der Waals surface area contributed by atoms with Gasteiger partial charge in [0, 0.05) is 25.4 Å². The zero-order valence-electron chi connectivity index (χ0n) is 14.4. The molecule has 2 heterocycles. The minimum absolute atomic E-state index is 0.0337. The lowest BCUT2D eigenvalue weighted by Gasteiger charge is -2.22. The quantitative estimate of drug-likeness (QED) is 0.834. The topological polar surface area (TPSA) is 71.3 Å². The van der Waals surface area contributed by atoms with Gasteiger partial charge in [-0.25, -0.2) is 4.39 Å². The van der Waals surface area contributed by atoms with Gasteiger partial charge in [-0.15, -0.1) is 0 Å². The molecule has 0 radical (unpaired) electrons. The summed E-state index contributed by atoms with van der Waals surface area (Å²) in [5, 5.41) is 6.77. The maximum Gasteiger partial charge on any atom is 0.227 e. The lowest BCUT2D eigenvalue weighted by atomic mass is 10.2. The van der Waals surface area contributed by atoms with E-state index in [9.17, 15) is 9.18 Å². The molecule has 1 unspecified atom stereocenters. The summed E-state index contributed by atoms with van der Waals surface area (Å²) in [4.78, 5) is 18.6. The van der Waals surface area contributed by atoms with E-state index >= 15 is 0 Å². The standard InChI is InChI=1S/C18H23FN4O2/c1-2-23-11-5-6-13(23)12-20-16(24)9-10-17-21-18(22-25-17)14-7-3-4-8-15(14)19/h3-4,7-8,13H,2,5-6,9-12H2,1H3,(H,20,24). The maximum atomic E-state index is 13.7. The third-order valence-corrected chi connectivity index (χ3v) is 4.59. The monoisotopic (exact) mass is 346 g/mol. The molecular formula is C18H23FN4O2. The normalized spacial score (nSPS) is 17.8. The SMILES string of the molecule is CCN1CCCC1CNC(=O)CCc1nc(-c2ccccc2F)no1. The van der Waals surface area contributed by atoms with E-state index in [4.69, 9.17) is 4.52 Å². The molecule has 1 fully saturated rings. The smallest absolute Gasteiger partial charge is 0.227 e. The van der Waals surface area contributed by atoms with Crippen molar-refractivity contribution in [1.82, 2.24) is 20.4 Å². The lowest BCUT2D eigenvalue weighted by molar-refractivity contribution is -0.121. The van der Waals surface area contributed by atoms with Gasteiger partial charge in [-0.05, 0) is 38.1 Å². The van der Waals surface area contributed by atoms with Crippen LogP contribution in [-0.4, -0.2) is 46.6 Å². The van der Waals surface area contributed by atoms with Gasteiger partial charge in [0.1, 0.15) is 5.82 Å². The Kier molecular flexibility index (Phi) is 5.75. The number of carbonyl (C=O) groups is 1. The van der Waals surface area contributed by atoms with Crippen LogP contribution in [0.1, 0.15) is 32.1 Å². The van der Waals surface area contributed by atoms with E-state index < -0.39 is 5.82 Å². The first kappa shape index (κ1) is 17.5. The molecule has 3 rings (SSSR count).